The second kappa shape index (κ2) is 18.6. The highest BCUT2D eigenvalue weighted by Crippen LogP contribution is 2.43. The monoisotopic (exact) mass is 783 g/mol. The van der Waals surface area contributed by atoms with E-state index in [1.54, 1.807) is 24.3 Å². The van der Waals surface area contributed by atoms with E-state index in [2.05, 4.69) is 5.32 Å². The number of nitrogens with two attached hydrogens (primary N) is 1. The van der Waals surface area contributed by atoms with Crippen LogP contribution in [0.15, 0.2) is 132 Å². The fourth-order valence-electron chi connectivity index (χ4n) is 6.28. The summed E-state index contributed by atoms with van der Waals surface area (Å²) < 4.78 is 55.4. The number of aliphatic hydroxyl groups excluding tert-OH is 1. The van der Waals surface area contributed by atoms with E-state index < -0.39 is 35.2 Å². The Bertz CT molecular complexity index is 2100. The van der Waals surface area contributed by atoms with Crippen LogP contribution >= 0.6 is 7.14 Å². The minimum atomic E-state index is -4.02. The first-order chi connectivity index (χ1) is 26.3. The van der Waals surface area contributed by atoms with Gasteiger partial charge in [-0.3, -0.25) is 4.79 Å². The number of para-hydroxylation sites is 1. The summed E-state index contributed by atoms with van der Waals surface area (Å²) in [5.41, 5.74) is 8.76. The maximum absolute atomic E-state index is 14.4. The number of nitrogens with one attached hydrogen (secondary N) is 1. The fourth-order valence-corrected chi connectivity index (χ4v) is 10.1. The highest BCUT2D eigenvalue weighted by molar-refractivity contribution is 7.89. The molecule has 0 saturated carbocycles. The van der Waals surface area contributed by atoms with Gasteiger partial charge in [0.1, 0.15) is 17.8 Å². The van der Waals surface area contributed by atoms with Gasteiger partial charge in [0.25, 0.3) is 5.91 Å². The Labute approximate surface area is 324 Å². The molecule has 0 radical (unpaired) electrons. The zero-order chi connectivity index (χ0) is 39.6. The number of rotatable bonds is 18. The molecule has 2 atom stereocenters. The van der Waals surface area contributed by atoms with Gasteiger partial charge in [-0.2, -0.15) is 4.31 Å². The number of amides is 1. The topological polar surface area (TPSA) is 148 Å². The Morgan fingerprint density at radius 2 is 1.35 bits per heavy atom. The van der Waals surface area contributed by atoms with Gasteiger partial charge >= 0.3 is 0 Å². The van der Waals surface area contributed by atoms with Crippen molar-refractivity contribution in [3.05, 3.63) is 144 Å². The first-order valence-electron chi connectivity index (χ1n) is 18.2. The quantitative estimate of drug-likeness (QED) is 0.0719. The molecule has 0 aliphatic rings. The normalized spacial score (nSPS) is 13.0. The lowest BCUT2D eigenvalue weighted by Crippen LogP contribution is -2.52. The number of hydrogen-bond donors (Lipinski definition) is 3. The van der Waals surface area contributed by atoms with E-state index >= 15 is 0 Å². The van der Waals surface area contributed by atoms with Crippen molar-refractivity contribution in [2.24, 2.45) is 5.92 Å². The van der Waals surface area contributed by atoms with Crippen LogP contribution in [0.3, 0.4) is 0 Å². The van der Waals surface area contributed by atoms with Crippen molar-refractivity contribution in [2.45, 2.75) is 51.2 Å². The number of benzene rings is 5. The summed E-state index contributed by atoms with van der Waals surface area (Å²) in [7, 11) is -7.15. The smallest absolute Gasteiger partial charge is 0.258 e. The second-order valence-corrected chi connectivity index (χ2v) is 18.8. The van der Waals surface area contributed by atoms with E-state index in [1.807, 2.05) is 107 Å². The van der Waals surface area contributed by atoms with Crippen LogP contribution in [0.1, 0.15) is 30.5 Å². The number of sulfonamides is 1. The zero-order valence-corrected chi connectivity index (χ0v) is 33.4. The maximum Gasteiger partial charge on any atom is 0.258 e. The highest BCUT2D eigenvalue weighted by atomic mass is 32.2. The Morgan fingerprint density at radius 1 is 0.782 bits per heavy atom. The number of anilines is 1. The van der Waals surface area contributed by atoms with Crippen molar-refractivity contribution < 1.29 is 32.4 Å². The molecule has 0 bridgehead atoms. The summed E-state index contributed by atoms with van der Waals surface area (Å²) in [6.07, 6.45) is -1.18. The first-order valence-corrected chi connectivity index (χ1v) is 21.5. The van der Waals surface area contributed by atoms with Crippen LogP contribution < -0.4 is 31.1 Å². The van der Waals surface area contributed by atoms with Crippen LogP contribution in [-0.2, 0) is 25.8 Å². The van der Waals surface area contributed by atoms with Crippen LogP contribution in [0.2, 0.25) is 0 Å². The van der Waals surface area contributed by atoms with Gasteiger partial charge in [0.15, 0.2) is 13.7 Å². The average molecular weight is 784 g/mol. The van der Waals surface area contributed by atoms with E-state index in [4.69, 9.17) is 15.2 Å². The predicted octanol–water partition coefficient (Wildman–Crippen LogP) is 6.05. The first kappa shape index (κ1) is 41.2. The van der Waals surface area contributed by atoms with Crippen molar-refractivity contribution in [3.63, 3.8) is 0 Å². The molecular formula is C43H50N3O7PS. The van der Waals surface area contributed by atoms with Crippen LogP contribution in [0.5, 0.6) is 11.5 Å². The Morgan fingerprint density at radius 3 is 1.89 bits per heavy atom. The van der Waals surface area contributed by atoms with Crippen molar-refractivity contribution >= 4 is 39.4 Å². The van der Waals surface area contributed by atoms with E-state index in [9.17, 15) is 22.9 Å². The molecule has 0 saturated heterocycles. The van der Waals surface area contributed by atoms with Gasteiger partial charge in [0, 0.05) is 29.4 Å². The highest BCUT2D eigenvalue weighted by Gasteiger charge is 2.32. The van der Waals surface area contributed by atoms with Crippen LogP contribution in [0.4, 0.5) is 5.69 Å². The molecule has 0 unspecified atom stereocenters. The van der Waals surface area contributed by atoms with Gasteiger partial charge < -0.3 is 30.2 Å². The second-order valence-electron chi connectivity index (χ2n) is 14.1. The number of carbonyl (C=O) groups excluding carboxylic acids is 1. The fraction of sp³-hybridized carbons (Fsp3) is 0.279. The summed E-state index contributed by atoms with van der Waals surface area (Å²) in [5.74, 6) is 0.575. The number of nitrogens with zero attached hydrogens (tertiary/aromatic N) is 1. The maximum atomic E-state index is 14.4. The van der Waals surface area contributed by atoms with Crippen LogP contribution in [0.25, 0.3) is 0 Å². The molecule has 5 aromatic carbocycles. The number of hydrogen-bond acceptors (Lipinski definition) is 8. The minimum absolute atomic E-state index is 0.0493. The lowest BCUT2D eigenvalue weighted by molar-refractivity contribution is -0.124. The molecule has 0 aromatic heterocycles. The summed E-state index contributed by atoms with van der Waals surface area (Å²) in [5, 5.41) is 16.0. The number of ether oxygens (including phenoxy) is 2. The van der Waals surface area contributed by atoms with Crippen LogP contribution in [-0.4, -0.2) is 61.9 Å². The lowest BCUT2D eigenvalue weighted by Gasteiger charge is -2.31. The molecule has 1 amide bonds. The number of aliphatic hydroxyl groups is 1. The van der Waals surface area contributed by atoms with Crippen molar-refractivity contribution in [3.8, 4) is 11.5 Å². The molecule has 4 N–H and O–H groups in total. The minimum Gasteiger partial charge on any atom is -0.485 e. The molecule has 0 aliphatic carbocycles. The number of aryl methyl sites for hydroxylation is 2. The molecule has 0 heterocycles. The SMILES string of the molecule is Cc1cccc(C)c1OCC(=O)N[C@@H](Cc1ccc(OCP(=O)(c2ccccc2)c2ccccc2)cc1)[C@H](O)CN(CC(C)C)S(=O)(=O)c1ccc(N)cc1. The summed E-state index contributed by atoms with van der Waals surface area (Å²) in [4.78, 5) is 13.4. The zero-order valence-electron chi connectivity index (χ0n) is 31.7. The molecule has 5 aromatic rings. The van der Waals surface area contributed by atoms with Crippen molar-refractivity contribution in [1.82, 2.24) is 9.62 Å². The molecular weight excluding hydrogens is 734 g/mol. The third-order valence-corrected chi connectivity index (χ3v) is 13.8. The lowest BCUT2D eigenvalue weighted by atomic mass is 10.0. The van der Waals surface area contributed by atoms with Gasteiger partial charge in [-0.25, -0.2) is 8.42 Å². The van der Waals surface area contributed by atoms with Gasteiger partial charge in [0.05, 0.1) is 17.0 Å². The number of carbonyl (C=O) groups is 1. The van der Waals surface area contributed by atoms with Crippen molar-refractivity contribution in [1.29, 1.82) is 0 Å². The Balaban J connectivity index is 1.36. The molecule has 0 fully saturated rings. The predicted molar refractivity (Wildman–Crippen MR) is 219 cm³/mol. The molecule has 0 spiro atoms. The third-order valence-electron chi connectivity index (χ3n) is 9.18. The number of nitrogen functional groups attached to an aromatic ring is 1. The van der Waals surface area contributed by atoms with Gasteiger partial charge in [0.2, 0.25) is 10.0 Å². The van der Waals surface area contributed by atoms with Gasteiger partial charge in [-0.15, -0.1) is 0 Å². The third kappa shape index (κ3) is 10.9. The van der Waals surface area contributed by atoms with E-state index in [0.717, 1.165) is 16.7 Å². The largest absolute Gasteiger partial charge is 0.485 e. The molecule has 12 heteroatoms. The summed E-state index contributed by atoms with van der Waals surface area (Å²) in [6, 6.07) is 36.4. The standard InChI is InChI=1S/C43H50N3O7PS/c1-31(2)27-46(55(50,51)39-24-20-35(44)21-25-39)28-41(47)40(45-42(48)29-52-43-32(3)12-11-13-33(43)4)26-34-18-22-36(23-19-34)53-30-54(49,37-14-7-5-8-15-37)38-16-9-6-10-17-38/h5-25,31,40-41,47H,26-30,44H2,1-4H3,(H,45,48)/t40-,41+/m0/s1. The molecule has 10 nitrogen and oxygen atoms in total. The van der Waals surface area contributed by atoms with E-state index in [-0.39, 0.29) is 43.3 Å². The Hall–Kier alpha value is -4.93. The summed E-state index contributed by atoms with van der Waals surface area (Å²) >= 11 is 0. The molecule has 55 heavy (non-hydrogen) atoms. The molecule has 0 aliphatic heterocycles. The van der Waals surface area contributed by atoms with Crippen molar-refractivity contribution in [2.75, 3.05) is 31.8 Å². The van der Waals surface area contributed by atoms with Crippen LogP contribution in [0, 0.1) is 19.8 Å². The Kier molecular flexibility index (Phi) is 13.9. The molecule has 290 valence electrons. The molecule has 5 rings (SSSR count). The average Bonchev–Trinajstić information content (AvgIpc) is 3.17. The van der Waals surface area contributed by atoms with Gasteiger partial charge in [-0.05, 0) is 79.3 Å². The van der Waals surface area contributed by atoms with E-state index in [0.29, 0.717) is 27.8 Å². The van der Waals surface area contributed by atoms with E-state index in [1.165, 1.54) is 28.6 Å². The van der Waals surface area contributed by atoms with Gasteiger partial charge in [-0.1, -0.05) is 105 Å². The summed E-state index contributed by atoms with van der Waals surface area (Å²) in [6.45, 7) is 7.14.